The number of hydrogen-bond acceptors (Lipinski definition) is 2. The Bertz CT molecular complexity index is 628. The first-order valence-electron chi connectivity index (χ1n) is 5.04. The van der Waals surface area contributed by atoms with E-state index >= 15 is 0 Å². The Morgan fingerprint density at radius 1 is 1.06 bits per heavy atom. The summed E-state index contributed by atoms with van der Waals surface area (Å²) in [6.45, 7) is 0. The van der Waals surface area contributed by atoms with Crippen molar-refractivity contribution in [1.82, 2.24) is 0 Å². The Morgan fingerprint density at radius 2 is 1.78 bits per heavy atom. The van der Waals surface area contributed by atoms with Crippen LogP contribution in [0.25, 0.3) is 0 Å². The zero-order chi connectivity index (χ0) is 13.3. The highest BCUT2D eigenvalue weighted by molar-refractivity contribution is 9.10. The van der Waals surface area contributed by atoms with E-state index in [-0.39, 0.29) is 11.1 Å². The number of rotatable bonds is 2. The van der Waals surface area contributed by atoms with Gasteiger partial charge >= 0.3 is 0 Å². The molecule has 0 heterocycles. The molecule has 0 bridgehead atoms. The van der Waals surface area contributed by atoms with E-state index in [0.29, 0.717) is 16.2 Å². The van der Waals surface area contributed by atoms with Crippen LogP contribution in [0.1, 0.15) is 15.9 Å². The van der Waals surface area contributed by atoms with Crippen LogP contribution in [0.4, 0.5) is 14.5 Å². The molecule has 2 nitrogen and oxygen atoms in total. The molecule has 2 aromatic carbocycles. The maximum Gasteiger partial charge on any atom is 0.197 e. The van der Waals surface area contributed by atoms with Crippen LogP contribution in [-0.4, -0.2) is 5.78 Å². The summed E-state index contributed by atoms with van der Waals surface area (Å²) in [7, 11) is 0. The van der Waals surface area contributed by atoms with Crippen LogP contribution in [0.3, 0.4) is 0 Å². The third-order valence-corrected chi connectivity index (χ3v) is 3.10. The Balaban J connectivity index is 2.51. The van der Waals surface area contributed by atoms with Gasteiger partial charge in [0.15, 0.2) is 5.78 Å². The van der Waals surface area contributed by atoms with Crippen molar-refractivity contribution < 1.29 is 13.6 Å². The van der Waals surface area contributed by atoms with Crippen LogP contribution < -0.4 is 5.73 Å². The van der Waals surface area contributed by atoms with Crippen LogP contribution >= 0.6 is 15.9 Å². The summed E-state index contributed by atoms with van der Waals surface area (Å²) >= 11 is 3.19. The van der Waals surface area contributed by atoms with E-state index in [4.69, 9.17) is 5.73 Å². The van der Waals surface area contributed by atoms with Crippen molar-refractivity contribution in [2.45, 2.75) is 0 Å². The second-order valence-corrected chi connectivity index (χ2v) is 4.55. The van der Waals surface area contributed by atoms with E-state index in [2.05, 4.69) is 15.9 Å². The summed E-state index contributed by atoms with van der Waals surface area (Å²) in [4.78, 5) is 12.1. The second kappa shape index (κ2) is 4.86. The van der Waals surface area contributed by atoms with Crippen molar-refractivity contribution >= 4 is 27.4 Å². The molecule has 2 aromatic rings. The highest BCUT2D eigenvalue weighted by Gasteiger charge is 2.17. The first-order valence-corrected chi connectivity index (χ1v) is 5.83. The van der Waals surface area contributed by atoms with Gasteiger partial charge in [-0.05, 0) is 30.3 Å². The molecule has 0 radical (unpaired) electrons. The fraction of sp³-hybridized carbons (Fsp3) is 0. The zero-order valence-electron chi connectivity index (χ0n) is 9.08. The van der Waals surface area contributed by atoms with E-state index in [1.165, 1.54) is 6.07 Å². The molecule has 92 valence electrons. The Labute approximate surface area is 111 Å². The summed E-state index contributed by atoms with van der Waals surface area (Å²) < 4.78 is 26.8. The number of nitrogens with two attached hydrogens (primary N) is 1. The summed E-state index contributed by atoms with van der Waals surface area (Å²) in [6.07, 6.45) is 0. The van der Waals surface area contributed by atoms with Crippen LogP contribution in [-0.2, 0) is 0 Å². The van der Waals surface area contributed by atoms with Gasteiger partial charge in [0.1, 0.15) is 11.6 Å². The standard InChI is InChI=1S/C13H8BrF2NO/c14-11-4-2-8(17)6-10(11)13(18)9-3-1-7(15)5-12(9)16/h1-6H,17H2. The van der Waals surface area contributed by atoms with E-state index in [9.17, 15) is 13.6 Å². The molecule has 2 rings (SSSR count). The number of carbonyl (C=O) groups is 1. The molecule has 0 aliphatic carbocycles. The predicted octanol–water partition coefficient (Wildman–Crippen LogP) is 3.54. The van der Waals surface area contributed by atoms with Crippen molar-refractivity contribution in [2.75, 3.05) is 5.73 Å². The fourth-order valence-corrected chi connectivity index (χ4v) is 1.96. The van der Waals surface area contributed by atoms with Crippen molar-refractivity contribution in [1.29, 1.82) is 0 Å². The monoisotopic (exact) mass is 311 g/mol. The molecule has 0 saturated heterocycles. The molecule has 0 aliphatic rings. The number of anilines is 1. The zero-order valence-corrected chi connectivity index (χ0v) is 10.7. The molecular weight excluding hydrogens is 304 g/mol. The van der Waals surface area contributed by atoms with Crippen LogP contribution in [0.15, 0.2) is 40.9 Å². The second-order valence-electron chi connectivity index (χ2n) is 3.69. The molecule has 5 heteroatoms. The third-order valence-electron chi connectivity index (χ3n) is 2.41. The highest BCUT2D eigenvalue weighted by atomic mass is 79.9. The molecule has 0 spiro atoms. The molecule has 0 unspecified atom stereocenters. The van der Waals surface area contributed by atoms with Gasteiger partial charge in [-0.25, -0.2) is 8.78 Å². The molecule has 0 saturated carbocycles. The van der Waals surface area contributed by atoms with Crippen molar-refractivity contribution in [3.05, 3.63) is 63.6 Å². The Hall–Kier alpha value is -1.75. The lowest BCUT2D eigenvalue weighted by atomic mass is 10.0. The van der Waals surface area contributed by atoms with Gasteiger partial charge in [0.2, 0.25) is 0 Å². The number of carbonyl (C=O) groups excluding carboxylic acids is 1. The number of halogens is 3. The topological polar surface area (TPSA) is 43.1 Å². The van der Waals surface area contributed by atoms with Gasteiger partial charge in [-0.15, -0.1) is 0 Å². The quantitative estimate of drug-likeness (QED) is 0.681. The molecule has 18 heavy (non-hydrogen) atoms. The van der Waals surface area contributed by atoms with Gasteiger partial charge < -0.3 is 5.73 Å². The van der Waals surface area contributed by atoms with E-state index in [1.54, 1.807) is 12.1 Å². The van der Waals surface area contributed by atoms with Gasteiger partial charge in [-0.1, -0.05) is 15.9 Å². The van der Waals surface area contributed by atoms with Crippen LogP contribution in [0, 0.1) is 11.6 Å². The van der Waals surface area contributed by atoms with E-state index < -0.39 is 17.4 Å². The largest absolute Gasteiger partial charge is 0.399 e. The molecule has 0 atom stereocenters. The molecular formula is C13H8BrF2NO. The third kappa shape index (κ3) is 2.41. The molecule has 2 N–H and O–H groups in total. The van der Waals surface area contributed by atoms with Crippen LogP contribution in [0.5, 0.6) is 0 Å². The average molecular weight is 312 g/mol. The minimum absolute atomic E-state index is 0.192. The summed E-state index contributed by atoms with van der Waals surface area (Å²) in [5.74, 6) is -2.17. The smallest absolute Gasteiger partial charge is 0.197 e. The summed E-state index contributed by atoms with van der Waals surface area (Å²) in [5.41, 5.74) is 6.02. The molecule has 0 amide bonds. The first kappa shape index (κ1) is 12.7. The number of benzene rings is 2. The lowest BCUT2D eigenvalue weighted by Crippen LogP contribution is -2.06. The van der Waals surface area contributed by atoms with E-state index in [1.807, 2.05) is 0 Å². The minimum atomic E-state index is -0.894. The fourth-order valence-electron chi connectivity index (χ4n) is 1.54. The maximum atomic E-state index is 13.5. The summed E-state index contributed by atoms with van der Waals surface area (Å²) in [6, 6.07) is 7.48. The minimum Gasteiger partial charge on any atom is -0.399 e. The van der Waals surface area contributed by atoms with Crippen LogP contribution in [0.2, 0.25) is 0 Å². The Morgan fingerprint density at radius 3 is 2.44 bits per heavy atom. The van der Waals surface area contributed by atoms with Crippen molar-refractivity contribution in [3.8, 4) is 0 Å². The molecule has 0 aromatic heterocycles. The van der Waals surface area contributed by atoms with Gasteiger partial charge in [-0.3, -0.25) is 4.79 Å². The first-order chi connectivity index (χ1) is 8.49. The lowest BCUT2D eigenvalue weighted by Gasteiger charge is -2.06. The van der Waals surface area contributed by atoms with Crippen molar-refractivity contribution in [2.24, 2.45) is 0 Å². The van der Waals surface area contributed by atoms with Gasteiger partial charge in [0.25, 0.3) is 0 Å². The van der Waals surface area contributed by atoms with Crippen molar-refractivity contribution in [3.63, 3.8) is 0 Å². The number of hydrogen-bond donors (Lipinski definition) is 1. The normalized spacial score (nSPS) is 10.4. The molecule has 0 aliphatic heterocycles. The Kier molecular flexibility index (Phi) is 3.43. The summed E-state index contributed by atoms with van der Waals surface area (Å²) in [5, 5.41) is 0. The number of ketones is 1. The lowest BCUT2D eigenvalue weighted by molar-refractivity contribution is 0.103. The SMILES string of the molecule is Nc1ccc(Br)c(C(=O)c2ccc(F)cc2F)c1. The van der Waals surface area contributed by atoms with Gasteiger partial charge in [0.05, 0.1) is 5.56 Å². The maximum absolute atomic E-state index is 13.5. The number of nitrogen functional groups attached to an aromatic ring is 1. The molecule has 0 fully saturated rings. The van der Waals surface area contributed by atoms with Gasteiger partial charge in [-0.2, -0.15) is 0 Å². The predicted molar refractivity (Wildman–Crippen MR) is 68.3 cm³/mol. The highest BCUT2D eigenvalue weighted by Crippen LogP contribution is 2.23. The van der Waals surface area contributed by atoms with E-state index in [0.717, 1.165) is 12.1 Å². The average Bonchev–Trinajstić information content (AvgIpc) is 2.31. The van der Waals surface area contributed by atoms with Gasteiger partial charge in [0, 0.05) is 21.8 Å².